The first-order chi connectivity index (χ1) is 15.7. The maximum absolute atomic E-state index is 13.2. The van der Waals surface area contributed by atoms with Crippen molar-refractivity contribution in [1.29, 1.82) is 0 Å². The molecule has 0 aromatic heterocycles. The number of amides is 2. The molecule has 0 radical (unpaired) electrons. The quantitative estimate of drug-likeness (QED) is 0.434. The molecule has 1 aromatic carbocycles. The predicted octanol–water partition coefficient (Wildman–Crippen LogP) is 2.47. The van der Waals surface area contributed by atoms with Crippen molar-refractivity contribution in [3.05, 3.63) is 35.9 Å². The first kappa shape index (κ1) is 26.8. The highest BCUT2D eigenvalue weighted by molar-refractivity contribution is 7.90. The minimum absolute atomic E-state index is 0.0311. The van der Waals surface area contributed by atoms with Gasteiger partial charge in [0, 0.05) is 18.7 Å². The van der Waals surface area contributed by atoms with Gasteiger partial charge in [-0.05, 0) is 31.2 Å². The average molecular weight is 481 g/mol. The Morgan fingerprint density at radius 3 is 2.24 bits per heavy atom. The third-order valence-corrected chi connectivity index (χ3v) is 6.81. The topological polar surface area (TPSA) is 110 Å². The summed E-state index contributed by atoms with van der Waals surface area (Å²) in [6.07, 6.45) is 4.61. The van der Waals surface area contributed by atoms with Crippen LogP contribution in [0.5, 0.6) is 0 Å². The Morgan fingerprint density at radius 2 is 1.73 bits per heavy atom. The highest BCUT2D eigenvalue weighted by Crippen LogP contribution is 2.22. The molecule has 2 amide bonds. The molecule has 9 heteroatoms. The number of nitrogens with zero attached hydrogens (tertiary/aromatic N) is 1. The Balaban J connectivity index is 2.05. The van der Waals surface area contributed by atoms with Gasteiger partial charge >= 0.3 is 5.97 Å². The molecule has 184 valence electrons. The summed E-state index contributed by atoms with van der Waals surface area (Å²) < 4.78 is 28.8. The van der Waals surface area contributed by atoms with E-state index in [2.05, 4.69) is 5.32 Å². The van der Waals surface area contributed by atoms with Gasteiger partial charge in [0.25, 0.3) is 0 Å². The summed E-state index contributed by atoms with van der Waals surface area (Å²) in [7, 11) is -3.33. The van der Waals surface area contributed by atoms with Crippen LogP contribution in [0.4, 0.5) is 0 Å². The molecule has 2 rings (SSSR count). The fourth-order valence-corrected chi connectivity index (χ4v) is 4.57. The Bertz CT molecular complexity index is 897. The maximum atomic E-state index is 13.2. The van der Waals surface area contributed by atoms with Gasteiger partial charge in [0.2, 0.25) is 11.8 Å². The number of ether oxygens (including phenoxy) is 1. The molecular formula is C24H36N2O6S. The summed E-state index contributed by atoms with van der Waals surface area (Å²) in [5, 5.41) is 2.78. The second-order valence-electron chi connectivity index (χ2n) is 8.68. The molecule has 2 atom stereocenters. The standard InChI is InChI=1S/C24H36N2O6S/c1-4-9-19(10-5-2)22(27)25-20(14-16-33(3,30)31)23(28)26-15-13-21(26)24(29)32-17-18-11-7-6-8-12-18/h6-8,11-12,19-21H,4-5,9-10,13-17H2,1-3H3,(H,25,27). The van der Waals surface area contributed by atoms with Crippen LogP contribution in [0.25, 0.3) is 0 Å². The van der Waals surface area contributed by atoms with Gasteiger partial charge in [0.1, 0.15) is 28.5 Å². The molecule has 1 N–H and O–H groups in total. The van der Waals surface area contributed by atoms with E-state index in [9.17, 15) is 22.8 Å². The lowest BCUT2D eigenvalue weighted by Gasteiger charge is -2.41. The lowest BCUT2D eigenvalue weighted by Crippen LogP contribution is -2.61. The van der Waals surface area contributed by atoms with E-state index >= 15 is 0 Å². The zero-order valence-electron chi connectivity index (χ0n) is 19.8. The van der Waals surface area contributed by atoms with Crippen LogP contribution in [0.15, 0.2) is 30.3 Å². The fourth-order valence-electron chi connectivity index (χ4n) is 3.90. The Labute approximate surface area is 197 Å². The van der Waals surface area contributed by atoms with Crippen LogP contribution in [-0.2, 0) is 35.6 Å². The van der Waals surface area contributed by atoms with Gasteiger partial charge in [-0.1, -0.05) is 57.0 Å². The van der Waals surface area contributed by atoms with Crippen molar-refractivity contribution in [1.82, 2.24) is 10.2 Å². The smallest absolute Gasteiger partial charge is 0.329 e. The Hall–Kier alpha value is -2.42. The SMILES string of the molecule is CCCC(CCC)C(=O)NC(CCS(C)(=O)=O)C(=O)N1CCC1C(=O)OCc1ccccc1. The van der Waals surface area contributed by atoms with Crippen LogP contribution < -0.4 is 5.32 Å². The van der Waals surface area contributed by atoms with Crippen molar-refractivity contribution in [2.75, 3.05) is 18.6 Å². The molecule has 1 saturated heterocycles. The van der Waals surface area contributed by atoms with E-state index in [-0.39, 0.29) is 30.6 Å². The minimum Gasteiger partial charge on any atom is -0.459 e. The van der Waals surface area contributed by atoms with E-state index in [4.69, 9.17) is 4.74 Å². The number of sulfone groups is 1. The molecule has 1 aliphatic heterocycles. The zero-order chi connectivity index (χ0) is 24.4. The van der Waals surface area contributed by atoms with Crippen LogP contribution in [0, 0.1) is 5.92 Å². The fraction of sp³-hybridized carbons (Fsp3) is 0.625. The summed E-state index contributed by atoms with van der Waals surface area (Å²) in [5.41, 5.74) is 0.847. The largest absolute Gasteiger partial charge is 0.459 e. The third kappa shape index (κ3) is 8.46. The van der Waals surface area contributed by atoms with Crippen molar-refractivity contribution in [2.45, 2.75) is 71.1 Å². The number of likely N-dealkylation sites (tertiary alicyclic amines) is 1. The van der Waals surface area contributed by atoms with E-state index < -0.39 is 33.8 Å². The van der Waals surface area contributed by atoms with Gasteiger partial charge in [-0.3, -0.25) is 9.59 Å². The van der Waals surface area contributed by atoms with E-state index in [1.807, 2.05) is 44.2 Å². The third-order valence-electron chi connectivity index (χ3n) is 5.84. The monoisotopic (exact) mass is 480 g/mol. The molecule has 1 heterocycles. The van der Waals surface area contributed by atoms with Gasteiger partial charge in [-0.2, -0.15) is 0 Å². The lowest BCUT2D eigenvalue weighted by atomic mass is 9.96. The lowest BCUT2D eigenvalue weighted by molar-refractivity contribution is -0.164. The number of carbonyl (C=O) groups is 3. The van der Waals surface area contributed by atoms with Gasteiger partial charge in [-0.25, -0.2) is 13.2 Å². The Kier molecular flexibility index (Phi) is 10.3. The van der Waals surface area contributed by atoms with Crippen molar-refractivity contribution in [3.8, 4) is 0 Å². The molecule has 0 bridgehead atoms. The second kappa shape index (κ2) is 12.7. The van der Waals surface area contributed by atoms with Crippen LogP contribution >= 0.6 is 0 Å². The number of benzene rings is 1. The molecular weight excluding hydrogens is 444 g/mol. The van der Waals surface area contributed by atoms with Crippen LogP contribution in [0.1, 0.15) is 57.9 Å². The summed E-state index contributed by atoms with van der Waals surface area (Å²) in [6, 6.07) is 7.54. The number of rotatable bonds is 13. The van der Waals surface area contributed by atoms with E-state index in [1.165, 1.54) is 4.90 Å². The van der Waals surface area contributed by atoms with Crippen molar-refractivity contribution >= 4 is 27.6 Å². The first-order valence-corrected chi connectivity index (χ1v) is 13.7. The molecule has 2 unspecified atom stereocenters. The van der Waals surface area contributed by atoms with Crippen LogP contribution in [-0.4, -0.2) is 61.7 Å². The molecule has 1 aliphatic rings. The summed E-state index contributed by atoms with van der Waals surface area (Å²) in [6.45, 7) is 4.46. The molecule has 8 nitrogen and oxygen atoms in total. The first-order valence-electron chi connectivity index (χ1n) is 11.6. The molecule has 0 aliphatic carbocycles. The number of hydrogen-bond acceptors (Lipinski definition) is 6. The number of hydrogen-bond donors (Lipinski definition) is 1. The zero-order valence-corrected chi connectivity index (χ0v) is 20.6. The van der Waals surface area contributed by atoms with Gasteiger partial charge in [-0.15, -0.1) is 0 Å². The average Bonchev–Trinajstić information content (AvgIpc) is 2.74. The minimum atomic E-state index is -3.33. The normalized spacial score (nSPS) is 16.7. The van der Waals surface area contributed by atoms with Crippen LogP contribution in [0.2, 0.25) is 0 Å². The van der Waals surface area contributed by atoms with Gasteiger partial charge < -0.3 is 15.0 Å². The Morgan fingerprint density at radius 1 is 1.09 bits per heavy atom. The maximum Gasteiger partial charge on any atom is 0.329 e. The van der Waals surface area contributed by atoms with Crippen molar-refractivity contribution in [3.63, 3.8) is 0 Å². The molecule has 1 aromatic rings. The summed E-state index contributed by atoms with van der Waals surface area (Å²) in [5.74, 6) is -1.63. The highest BCUT2D eigenvalue weighted by atomic mass is 32.2. The predicted molar refractivity (Wildman–Crippen MR) is 126 cm³/mol. The second-order valence-corrected chi connectivity index (χ2v) is 10.9. The van der Waals surface area contributed by atoms with Crippen molar-refractivity contribution < 1.29 is 27.5 Å². The van der Waals surface area contributed by atoms with Gasteiger partial charge in [0.05, 0.1) is 5.75 Å². The van der Waals surface area contributed by atoms with Gasteiger partial charge in [0.15, 0.2) is 0 Å². The summed E-state index contributed by atoms with van der Waals surface area (Å²) >= 11 is 0. The summed E-state index contributed by atoms with van der Waals surface area (Å²) in [4.78, 5) is 40.0. The molecule has 0 saturated carbocycles. The van der Waals surface area contributed by atoms with E-state index in [0.29, 0.717) is 25.8 Å². The van der Waals surface area contributed by atoms with E-state index in [1.54, 1.807) is 0 Å². The number of esters is 1. The highest BCUT2D eigenvalue weighted by Gasteiger charge is 2.42. The van der Waals surface area contributed by atoms with Crippen molar-refractivity contribution in [2.24, 2.45) is 5.92 Å². The van der Waals surface area contributed by atoms with E-state index in [0.717, 1.165) is 24.7 Å². The molecule has 1 fully saturated rings. The van der Waals surface area contributed by atoms with Crippen LogP contribution in [0.3, 0.4) is 0 Å². The molecule has 33 heavy (non-hydrogen) atoms. The molecule has 0 spiro atoms. The number of carbonyl (C=O) groups excluding carboxylic acids is 3. The number of nitrogens with one attached hydrogen (secondary N) is 1.